The van der Waals surface area contributed by atoms with Crippen LogP contribution in [-0.2, 0) is 30.5 Å². The van der Waals surface area contributed by atoms with E-state index in [1.165, 1.54) is 12.2 Å². The summed E-state index contributed by atoms with van der Waals surface area (Å²) >= 11 is 5.34. The van der Waals surface area contributed by atoms with Crippen LogP contribution >= 0.6 is 0 Å². The topological polar surface area (TPSA) is 20.2 Å². The Labute approximate surface area is 63.7 Å². The zero-order chi connectivity index (χ0) is 6.57. The maximum absolute atomic E-state index is 8.68. The van der Waals surface area contributed by atoms with Crippen molar-refractivity contribution in [3.8, 4) is 0 Å². The van der Waals surface area contributed by atoms with Gasteiger partial charge in [-0.15, -0.1) is 0 Å². The molecule has 0 aliphatic heterocycles. The van der Waals surface area contributed by atoms with Crippen LogP contribution in [0.5, 0.6) is 0 Å². The Bertz CT molecular complexity index is 139. The van der Waals surface area contributed by atoms with Crippen molar-refractivity contribution in [3.05, 3.63) is 23.6 Å². The van der Waals surface area contributed by atoms with E-state index in [1.54, 1.807) is 0 Å². The second-order valence-corrected chi connectivity index (χ2v) is 3.02. The Morgan fingerprint density at radius 3 is 2.38 bits per heavy atom. The van der Waals surface area contributed by atoms with Crippen LogP contribution in [0.1, 0.15) is 0 Å². The van der Waals surface area contributed by atoms with Gasteiger partial charge < -0.3 is 0 Å². The standard InChI is InChI=1S/C5H5OS.Zn/c1-2-3-5(7)4-6;/h1-3,6-7H;/q-1;/p-1/b5-3+;. The summed E-state index contributed by atoms with van der Waals surface area (Å²) < 4.78 is 0.252. The molecule has 8 heavy (non-hydrogen) atoms. The predicted octanol–water partition coefficient (Wildman–Crippen LogP) is 0.456. The van der Waals surface area contributed by atoms with Crippen LogP contribution in [0.4, 0.5) is 0 Å². The van der Waals surface area contributed by atoms with E-state index in [0.717, 1.165) is 0 Å². The van der Waals surface area contributed by atoms with Gasteiger partial charge in [-0.05, 0) is 0 Å². The number of aliphatic hydroxyl groups is 1. The van der Waals surface area contributed by atoms with Crippen LogP contribution in [0.15, 0.2) is 17.1 Å². The monoisotopic (exact) mass is 176 g/mol. The van der Waals surface area contributed by atoms with Gasteiger partial charge in [0.25, 0.3) is 0 Å². The fraction of sp³-hybridized carbons (Fsp3) is 0. The van der Waals surface area contributed by atoms with Crippen LogP contribution in [0.2, 0.25) is 0 Å². The molecule has 0 heterocycles. The molecule has 0 aromatic carbocycles. The first kappa shape index (κ1) is 8.15. The first-order valence-electron chi connectivity index (χ1n) is 1.99. The van der Waals surface area contributed by atoms with Gasteiger partial charge in [-0.25, -0.2) is 0 Å². The molecule has 0 spiro atoms. The normalized spacial score (nSPS) is 11.1. The molecule has 0 amide bonds. The third kappa shape index (κ3) is 3.19. The first-order valence-corrected chi connectivity index (χ1v) is 3.88. The van der Waals surface area contributed by atoms with E-state index in [9.17, 15) is 0 Å². The molecular weight excluding hydrogens is 174 g/mol. The number of hydrogen-bond acceptors (Lipinski definition) is 2. The SMILES string of the molecule is [CH-]=C/C=C(/[S-])[C](O)=[Zn]. The van der Waals surface area contributed by atoms with Gasteiger partial charge in [0.2, 0.25) is 0 Å². The van der Waals surface area contributed by atoms with Gasteiger partial charge in [0, 0.05) is 0 Å². The summed E-state index contributed by atoms with van der Waals surface area (Å²) in [5.74, 6) is 0. The van der Waals surface area contributed by atoms with Crippen molar-refractivity contribution >= 4 is 16.9 Å². The average Bonchev–Trinajstić information content (AvgIpc) is 1.67. The van der Waals surface area contributed by atoms with Crippen molar-refractivity contribution in [2.45, 2.75) is 0 Å². The van der Waals surface area contributed by atoms with Crippen LogP contribution in [0.25, 0.3) is 0 Å². The fourth-order valence-electron chi connectivity index (χ4n) is 0.184. The summed E-state index contributed by atoms with van der Waals surface area (Å²) in [6.07, 6.45) is 2.81. The predicted molar refractivity (Wildman–Crippen MR) is 31.3 cm³/mol. The van der Waals surface area contributed by atoms with E-state index in [-0.39, 0.29) is 4.29 Å². The van der Waals surface area contributed by atoms with Gasteiger partial charge in [0.1, 0.15) is 0 Å². The van der Waals surface area contributed by atoms with E-state index in [1.807, 2.05) is 0 Å². The summed E-state index contributed by atoms with van der Waals surface area (Å²) in [5.41, 5.74) is 0. The molecule has 0 bridgehead atoms. The first-order chi connectivity index (χ1) is 3.68. The van der Waals surface area contributed by atoms with E-state index in [0.29, 0.717) is 22.8 Å². The Morgan fingerprint density at radius 1 is 1.75 bits per heavy atom. The zero-order valence-corrected chi connectivity index (χ0v) is 8.08. The molecule has 0 saturated carbocycles. The molecule has 0 rings (SSSR count). The van der Waals surface area contributed by atoms with E-state index >= 15 is 0 Å². The second kappa shape index (κ2) is 4.07. The van der Waals surface area contributed by atoms with Crippen molar-refractivity contribution in [3.63, 3.8) is 0 Å². The molecule has 40 valence electrons. The molecule has 0 unspecified atom stereocenters. The molecule has 1 nitrogen and oxygen atoms in total. The molecule has 0 aliphatic rings. The summed E-state index contributed by atoms with van der Waals surface area (Å²) in [6, 6.07) is 0. The van der Waals surface area contributed by atoms with Gasteiger partial charge >= 0.3 is 63.5 Å². The molecular formula is C5H4OSZn-2. The van der Waals surface area contributed by atoms with Gasteiger partial charge in [-0.2, -0.15) is 0 Å². The van der Waals surface area contributed by atoms with Gasteiger partial charge in [0.15, 0.2) is 0 Å². The zero-order valence-electron chi connectivity index (χ0n) is 4.29. The summed E-state index contributed by atoms with van der Waals surface area (Å²) in [5, 5.41) is 8.68. The van der Waals surface area contributed by atoms with Crippen LogP contribution in [0, 0.1) is 6.58 Å². The third-order valence-electron chi connectivity index (χ3n) is 0.532. The Kier molecular flexibility index (Phi) is 4.15. The Morgan fingerprint density at radius 2 is 2.25 bits per heavy atom. The van der Waals surface area contributed by atoms with Crippen LogP contribution in [0.3, 0.4) is 0 Å². The molecule has 0 aliphatic carbocycles. The fourth-order valence-corrected chi connectivity index (χ4v) is 0.509. The van der Waals surface area contributed by atoms with Crippen molar-refractivity contribution < 1.29 is 23.0 Å². The van der Waals surface area contributed by atoms with Crippen molar-refractivity contribution in [1.29, 1.82) is 0 Å². The summed E-state index contributed by atoms with van der Waals surface area (Å²) in [6.45, 7) is 4.99. The quantitative estimate of drug-likeness (QED) is 0.286. The van der Waals surface area contributed by atoms with Gasteiger partial charge in [-0.1, -0.05) is 0 Å². The minimum absolute atomic E-state index is 0.252. The minimum atomic E-state index is 0.252. The van der Waals surface area contributed by atoms with Crippen LogP contribution in [-0.4, -0.2) is 9.40 Å². The van der Waals surface area contributed by atoms with Gasteiger partial charge in [-0.3, -0.25) is 0 Å². The number of rotatable bonds is 2. The maximum atomic E-state index is 8.68. The van der Waals surface area contributed by atoms with Crippen molar-refractivity contribution in [1.82, 2.24) is 0 Å². The number of hydrogen-bond donors (Lipinski definition) is 1. The third-order valence-corrected chi connectivity index (χ3v) is 2.24. The van der Waals surface area contributed by atoms with E-state index in [2.05, 4.69) is 12.6 Å². The molecule has 0 radical (unpaired) electrons. The van der Waals surface area contributed by atoms with Crippen LogP contribution < -0.4 is 0 Å². The molecule has 1 N–H and O–H groups in total. The molecule has 0 aromatic heterocycles. The summed E-state index contributed by atoms with van der Waals surface area (Å²) in [7, 11) is 0. The summed E-state index contributed by atoms with van der Waals surface area (Å²) in [4.78, 5) is 0.438. The Balaban J connectivity index is 3.99. The molecule has 0 atom stereocenters. The van der Waals surface area contributed by atoms with E-state index < -0.39 is 0 Å². The molecule has 0 saturated heterocycles. The van der Waals surface area contributed by atoms with Gasteiger partial charge in [0.05, 0.1) is 0 Å². The molecule has 0 aromatic rings. The Hall–Kier alpha value is 0.153. The van der Waals surface area contributed by atoms with Crippen molar-refractivity contribution in [2.75, 3.05) is 0 Å². The second-order valence-electron chi connectivity index (χ2n) is 1.17. The number of allylic oxidation sites excluding steroid dienone is 2. The van der Waals surface area contributed by atoms with Crippen molar-refractivity contribution in [2.24, 2.45) is 0 Å². The molecule has 3 heteroatoms. The molecule has 0 fully saturated rings. The number of aliphatic hydroxyl groups excluding tert-OH is 1. The average molecular weight is 178 g/mol. The van der Waals surface area contributed by atoms with E-state index in [4.69, 9.17) is 11.7 Å².